The molecule has 0 atom stereocenters. The number of carbonyl (C=O) groups is 2. The molecule has 4 rings (SSSR count). The molecule has 4 aromatic rings. The molecule has 0 saturated carbocycles. The molecule has 0 aliphatic heterocycles. The summed E-state index contributed by atoms with van der Waals surface area (Å²) in [5, 5.41) is 1.28. The summed E-state index contributed by atoms with van der Waals surface area (Å²) >= 11 is 7.39. The van der Waals surface area contributed by atoms with E-state index in [1.165, 1.54) is 24.1 Å². The van der Waals surface area contributed by atoms with Gasteiger partial charge >= 0.3 is 5.91 Å². The fourth-order valence-corrected chi connectivity index (χ4v) is 3.85. The monoisotopic (exact) mass is 440 g/mol. The second-order valence-electron chi connectivity index (χ2n) is 6.37. The maximum atomic E-state index is 12.2. The summed E-state index contributed by atoms with van der Waals surface area (Å²) in [5.74, 6) is -0.699. The lowest BCUT2D eigenvalue weighted by atomic mass is 10.2. The quantitative estimate of drug-likeness (QED) is 0.351. The highest BCUT2D eigenvalue weighted by Gasteiger charge is 2.15. The molecule has 0 saturated heterocycles. The number of halogens is 1. The molecular formula is C21H17ClN4O3S. The minimum Gasteiger partial charge on any atom is -0.459 e. The van der Waals surface area contributed by atoms with E-state index in [9.17, 15) is 9.59 Å². The number of rotatable bonds is 6. The van der Waals surface area contributed by atoms with Gasteiger partial charge in [-0.3, -0.25) is 20.4 Å². The van der Waals surface area contributed by atoms with Gasteiger partial charge in [-0.05, 0) is 35.9 Å². The molecule has 0 aliphatic rings. The highest BCUT2D eigenvalue weighted by Crippen LogP contribution is 2.27. The predicted octanol–water partition coefficient (Wildman–Crippen LogP) is 3.88. The zero-order valence-corrected chi connectivity index (χ0v) is 17.2. The molecule has 9 heteroatoms. The minimum atomic E-state index is -0.524. The Morgan fingerprint density at radius 2 is 1.90 bits per heavy atom. The summed E-state index contributed by atoms with van der Waals surface area (Å²) < 4.78 is 7.02. The zero-order chi connectivity index (χ0) is 20.9. The molecule has 0 radical (unpaired) electrons. The number of nitrogens with zero attached hydrogens (tertiary/aromatic N) is 2. The Labute approximate surface area is 181 Å². The van der Waals surface area contributed by atoms with E-state index in [1.54, 1.807) is 12.1 Å². The Morgan fingerprint density at radius 3 is 2.67 bits per heavy atom. The van der Waals surface area contributed by atoms with Crippen LogP contribution in [0.1, 0.15) is 16.1 Å². The Morgan fingerprint density at radius 1 is 1.07 bits per heavy atom. The number of thioether (sulfide) groups is 1. The number of fused-ring (bicyclic) bond motifs is 1. The summed E-state index contributed by atoms with van der Waals surface area (Å²) in [4.78, 5) is 28.7. The van der Waals surface area contributed by atoms with E-state index in [0.717, 1.165) is 16.6 Å². The van der Waals surface area contributed by atoms with Crippen LogP contribution in [0.15, 0.2) is 76.5 Å². The number of hydrazine groups is 1. The van der Waals surface area contributed by atoms with E-state index in [2.05, 4.69) is 15.8 Å². The van der Waals surface area contributed by atoms with Crippen LogP contribution < -0.4 is 10.9 Å². The molecule has 152 valence electrons. The van der Waals surface area contributed by atoms with Gasteiger partial charge in [0.2, 0.25) is 5.91 Å². The lowest BCUT2D eigenvalue weighted by Crippen LogP contribution is -2.42. The van der Waals surface area contributed by atoms with Crippen LogP contribution in [0.3, 0.4) is 0 Å². The third-order valence-electron chi connectivity index (χ3n) is 4.25. The molecule has 0 bridgehead atoms. The average molecular weight is 441 g/mol. The van der Waals surface area contributed by atoms with Gasteiger partial charge in [0.15, 0.2) is 10.9 Å². The van der Waals surface area contributed by atoms with Crippen molar-refractivity contribution < 1.29 is 14.0 Å². The van der Waals surface area contributed by atoms with Gasteiger partial charge in [0, 0.05) is 5.02 Å². The van der Waals surface area contributed by atoms with Gasteiger partial charge in [-0.15, -0.1) is 0 Å². The Balaban J connectivity index is 1.46. The fraction of sp³-hybridized carbons (Fsp3) is 0.0952. The summed E-state index contributed by atoms with van der Waals surface area (Å²) in [6.07, 6.45) is 1.38. The van der Waals surface area contributed by atoms with Crippen molar-refractivity contribution in [3.8, 4) is 0 Å². The third kappa shape index (κ3) is 4.67. The van der Waals surface area contributed by atoms with Gasteiger partial charge in [-0.1, -0.05) is 53.7 Å². The van der Waals surface area contributed by atoms with Gasteiger partial charge in [-0.2, -0.15) is 0 Å². The van der Waals surface area contributed by atoms with Crippen LogP contribution in [0.25, 0.3) is 11.0 Å². The van der Waals surface area contributed by atoms with Gasteiger partial charge in [0.1, 0.15) is 0 Å². The predicted molar refractivity (Wildman–Crippen MR) is 115 cm³/mol. The topological polar surface area (TPSA) is 89.2 Å². The summed E-state index contributed by atoms with van der Waals surface area (Å²) in [7, 11) is 0. The van der Waals surface area contributed by atoms with Crippen molar-refractivity contribution in [3.05, 3.63) is 83.3 Å². The first-order valence-corrected chi connectivity index (χ1v) is 10.4. The van der Waals surface area contributed by atoms with E-state index in [4.69, 9.17) is 16.0 Å². The molecule has 2 N–H and O–H groups in total. The van der Waals surface area contributed by atoms with Gasteiger partial charge in [-0.25, -0.2) is 4.98 Å². The molecule has 30 heavy (non-hydrogen) atoms. The van der Waals surface area contributed by atoms with Crippen LogP contribution in [0.4, 0.5) is 0 Å². The molecule has 2 aromatic heterocycles. The maximum absolute atomic E-state index is 12.2. The van der Waals surface area contributed by atoms with Crippen molar-refractivity contribution >= 4 is 46.2 Å². The van der Waals surface area contributed by atoms with E-state index in [-0.39, 0.29) is 17.4 Å². The highest BCUT2D eigenvalue weighted by molar-refractivity contribution is 7.99. The fourth-order valence-electron chi connectivity index (χ4n) is 2.87. The molecule has 0 fully saturated rings. The van der Waals surface area contributed by atoms with Crippen molar-refractivity contribution in [1.82, 2.24) is 20.4 Å². The molecule has 0 spiro atoms. The van der Waals surface area contributed by atoms with Crippen molar-refractivity contribution in [2.75, 3.05) is 5.75 Å². The normalized spacial score (nSPS) is 10.8. The van der Waals surface area contributed by atoms with Gasteiger partial charge in [0.25, 0.3) is 0 Å². The molecule has 2 amide bonds. The molecular weight excluding hydrogens is 424 g/mol. The first-order valence-electron chi connectivity index (χ1n) is 9.05. The van der Waals surface area contributed by atoms with Crippen LogP contribution in [-0.2, 0) is 11.3 Å². The molecule has 7 nitrogen and oxygen atoms in total. The number of amides is 2. The molecule has 0 aliphatic carbocycles. The minimum absolute atomic E-state index is 0.0737. The number of imidazole rings is 1. The van der Waals surface area contributed by atoms with Crippen molar-refractivity contribution in [3.63, 3.8) is 0 Å². The lowest BCUT2D eigenvalue weighted by molar-refractivity contribution is -0.119. The number of furan rings is 1. The first kappa shape index (κ1) is 20.1. The number of aromatic nitrogens is 2. The molecule has 0 unspecified atom stereocenters. The van der Waals surface area contributed by atoms with E-state index < -0.39 is 5.91 Å². The van der Waals surface area contributed by atoms with Crippen LogP contribution in [0.5, 0.6) is 0 Å². The van der Waals surface area contributed by atoms with Crippen LogP contribution in [0, 0.1) is 0 Å². The Kier molecular flexibility index (Phi) is 6.06. The average Bonchev–Trinajstić information content (AvgIpc) is 3.40. The van der Waals surface area contributed by atoms with E-state index >= 15 is 0 Å². The van der Waals surface area contributed by atoms with Crippen LogP contribution >= 0.6 is 23.4 Å². The number of hydrogen-bond donors (Lipinski definition) is 2. The standard InChI is InChI=1S/C21H17ClN4O3S/c22-15-8-9-17-16(11-15)23-21(26(17)12-14-5-2-1-3-6-14)30-13-19(27)24-25-20(28)18-7-4-10-29-18/h1-11H,12-13H2,(H,24,27)(H,25,28). The second-order valence-corrected chi connectivity index (χ2v) is 7.75. The number of nitrogens with one attached hydrogen (secondary N) is 2. The summed E-state index contributed by atoms with van der Waals surface area (Å²) in [6.45, 7) is 0.609. The van der Waals surface area contributed by atoms with E-state index in [1.807, 2.05) is 47.0 Å². The van der Waals surface area contributed by atoms with Crippen molar-refractivity contribution in [2.45, 2.75) is 11.7 Å². The van der Waals surface area contributed by atoms with Gasteiger partial charge in [0.05, 0.1) is 29.6 Å². The summed E-state index contributed by atoms with van der Waals surface area (Å²) in [5.41, 5.74) is 7.49. The Hall–Kier alpha value is -3.23. The summed E-state index contributed by atoms with van der Waals surface area (Å²) in [6, 6.07) is 18.6. The lowest BCUT2D eigenvalue weighted by Gasteiger charge is -2.10. The Bertz CT molecular complexity index is 1180. The first-order chi connectivity index (χ1) is 14.6. The van der Waals surface area contributed by atoms with Crippen LogP contribution in [-0.4, -0.2) is 27.1 Å². The zero-order valence-electron chi connectivity index (χ0n) is 15.7. The largest absolute Gasteiger partial charge is 0.459 e. The SMILES string of the molecule is O=C(CSc1nc2cc(Cl)ccc2n1Cc1ccccc1)NNC(=O)c1ccco1. The van der Waals surface area contributed by atoms with Crippen molar-refractivity contribution in [1.29, 1.82) is 0 Å². The van der Waals surface area contributed by atoms with Crippen molar-refractivity contribution in [2.24, 2.45) is 0 Å². The molecule has 2 heterocycles. The molecule has 2 aromatic carbocycles. The van der Waals surface area contributed by atoms with Gasteiger partial charge < -0.3 is 8.98 Å². The number of benzene rings is 2. The number of carbonyl (C=O) groups excluding carboxylic acids is 2. The smallest absolute Gasteiger partial charge is 0.305 e. The number of hydrogen-bond acceptors (Lipinski definition) is 5. The van der Waals surface area contributed by atoms with E-state index in [0.29, 0.717) is 16.7 Å². The highest BCUT2D eigenvalue weighted by atomic mass is 35.5. The van der Waals surface area contributed by atoms with Crippen LogP contribution in [0.2, 0.25) is 5.02 Å². The second kappa shape index (κ2) is 9.06. The third-order valence-corrected chi connectivity index (χ3v) is 5.46. The maximum Gasteiger partial charge on any atom is 0.305 e.